The number of benzene rings is 1. The summed E-state index contributed by atoms with van der Waals surface area (Å²) >= 11 is 0. The van der Waals surface area contributed by atoms with Crippen molar-refractivity contribution in [3.05, 3.63) is 29.8 Å². The number of nitrogens with zero attached hydrogens (tertiary/aromatic N) is 3. The number of rotatable bonds is 2. The fraction of sp³-hybridized carbons (Fsp3) is 0.462. The molecule has 0 aromatic heterocycles. The normalized spacial score (nSPS) is 19.7. The Morgan fingerprint density at radius 3 is 2.39 bits per heavy atom. The minimum absolute atomic E-state index is 0.138. The standard InChI is InChI=1S/C13H20N3OP/c1-10(2)16-13(17)11-8-6-7-9-12(11)15(5)18(16)14(3)4/h6-10H,1-5H3. The van der Waals surface area contributed by atoms with E-state index in [9.17, 15) is 4.79 Å². The van der Waals surface area contributed by atoms with E-state index in [4.69, 9.17) is 0 Å². The van der Waals surface area contributed by atoms with Gasteiger partial charge in [-0.05, 0) is 40.1 Å². The molecular formula is C13H20N3OP. The van der Waals surface area contributed by atoms with E-state index in [0.29, 0.717) is 0 Å². The molecule has 1 aromatic carbocycles. The zero-order valence-corrected chi connectivity index (χ0v) is 12.5. The summed E-state index contributed by atoms with van der Waals surface area (Å²) in [6, 6.07) is 8.03. The second-order valence-electron chi connectivity index (χ2n) is 4.90. The first-order chi connectivity index (χ1) is 8.45. The summed E-state index contributed by atoms with van der Waals surface area (Å²) < 4.78 is 6.33. The van der Waals surface area contributed by atoms with Crippen LogP contribution < -0.4 is 4.67 Å². The van der Waals surface area contributed by atoms with Gasteiger partial charge < -0.3 is 4.67 Å². The minimum atomic E-state index is -0.770. The first-order valence-corrected chi connectivity index (χ1v) is 7.28. The van der Waals surface area contributed by atoms with Crippen LogP contribution in [-0.4, -0.2) is 42.4 Å². The molecule has 0 fully saturated rings. The fourth-order valence-corrected chi connectivity index (χ4v) is 4.55. The second kappa shape index (κ2) is 4.87. The van der Waals surface area contributed by atoms with Crippen LogP contribution in [0.2, 0.25) is 0 Å². The molecule has 1 unspecified atom stereocenters. The van der Waals surface area contributed by atoms with Gasteiger partial charge in [-0.2, -0.15) is 0 Å². The van der Waals surface area contributed by atoms with Gasteiger partial charge in [-0.3, -0.25) is 14.1 Å². The summed E-state index contributed by atoms with van der Waals surface area (Å²) in [6.07, 6.45) is 0. The highest BCUT2D eigenvalue weighted by atomic mass is 31.2. The van der Waals surface area contributed by atoms with E-state index in [2.05, 4.69) is 30.2 Å². The van der Waals surface area contributed by atoms with Crippen molar-refractivity contribution in [2.45, 2.75) is 19.9 Å². The lowest BCUT2D eigenvalue weighted by Crippen LogP contribution is -2.44. The Hall–Kier alpha value is -1.12. The van der Waals surface area contributed by atoms with Crippen molar-refractivity contribution in [1.82, 2.24) is 9.34 Å². The maximum atomic E-state index is 12.6. The minimum Gasteiger partial charge on any atom is -0.324 e. The number of carbonyl (C=O) groups excluding carboxylic acids is 1. The lowest BCUT2D eigenvalue weighted by atomic mass is 10.1. The Bertz CT molecular complexity index is 461. The van der Waals surface area contributed by atoms with Crippen molar-refractivity contribution >= 4 is 20.0 Å². The Labute approximate surface area is 110 Å². The molecule has 4 nitrogen and oxygen atoms in total. The molecule has 0 bridgehead atoms. The van der Waals surface area contributed by atoms with E-state index in [-0.39, 0.29) is 11.9 Å². The molecular weight excluding hydrogens is 245 g/mol. The van der Waals surface area contributed by atoms with Gasteiger partial charge in [0.2, 0.25) is 0 Å². The molecule has 1 aliphatic rings. The molecule has 1 aromatic rings. The highest BCUT2D eigenvalue weighted by Crippen LogP contribution is 2.53. The lowest BCUT2D eigenvalue weighted by molar-refractivity contribution is 0.0830. The molecule has 5 heteroatoms. The summed E-state index contributed by atoms with van der Waals surface area (Å²) in [7, 11) is 5.34. The van der Waals surface area contributed by atoms with Gasteiger partial charge in [-0.1, -0.05) is 12.1 Å². The quantitative estimate of drug-likeness (QED) is 0.769. The first-order valence-electron chi connectivity index (χ1n) is 6.08. The van der Waals surface area contributed by atoms with Crippen molar-refractivity contribution in [2.75, 3.05) is 25.8 Å². The number of anilines is 1. The molecule has 0 saturated carbocycles. The SMILES string of the molecule is CC(C)N1C(=O)c2ccccc2N(C)P1N(C)C. The highest BCUT2D eigenvalue weighted by Gasteiger charge is 2.39. The van der Waals surface area contributed by atoms with E-state index < -0.39 is 8.37 Å². The number of hydrogen-bond acceptors (Lipinski definition) is 3. The zero-order valence-electron chi connectivity index (χ0n) is 11.6. The lowest BCUT2D eigenvalue weighted by Gasteiger charge is -2.47. The third-order valence-corrected chi connectivity index (χ3v) is 5.50. The molecule has 0 saturated heterocycles. The van der Waals surface area contributed by atoms with Crippen LogP contribution in [0.3, 0.4) is 0 Å². The van der Waals surface area contributed by atoms with Gasteiger partial charge in [0.15, 0.2) is 8.37 Å². The van der Waals surface area contributed by atoms with E-state index in [1.165, 1.54) is 0 Å². The maximum absolute atomic E-state index is 12.6. The topological polar surface area (TPSA) is 26.8 Å². The molecule has 18 heavy (non-hydrogen) atoms. The summed E-state index contributed by atoms with van der Waals surface area (Å²) in [4.78, 5) is 12.6. The number of carbonyl (C=O) groups is 1. The van der Waals surface area contributed by atoms with Crippen molar-refractivity contribution in [3.8, 4) is 0 Å². The van der Waals surface area contributed by atoms with Crippen molar-refractivity contribution in [3.63, 3.8) is 0 Å². The number of amides is 1. The Balaban J connectivity index is 2.55. The zero-order chi connectivity index (χ0) is 13.4. The van der Waals surface area contributed by atoms with E-state index in [0.717, 1.165) is 11.3 Å². The third kappa shape index (κ3) is 2.00. The molecule has 1 amide bonds. The van der Waals surface area contributed by atoms with Gasteiger partial charge >= 0.3 is 0 Å². The van der Waals surface area contributed by atoms with Crippen LogP contribution in [0.5, 0.6) is 0 Å². The summed E-state index contributed by atoms with van der Waals surface area (Å²) in [6.45, 7) is 4.14. The fourth-order valence-electron chi connectivity index (χ4n) is 2.28. The van der Waals surface area contributed by atoms with Gasteiger partial charge in [-0.25, -0.2) is 0 Å². The van der Waals surface area contributed by atoms with Crippen molar-refractivity contribution < 1.29 is 4.79 Å². The molecule has 0 spiro atoms. The predicted octanol–water partition coefficient (Wildman–Crippen LogP) is 2.78. The van der Waals surface area contributed by atoms with Gasteiger partial charge in [-0.15, -0.1) is 0 Å². The summed E-state index contributed by atoms with van der Waals surface area (Å²) in [5.74, 6) is 0.138. The molecule has 0 N–H and O–H groups in total. The maximum Gasteiger partial charge on any atom is 0.261 e. The summed E-state index contributed by atoms with van der Waals surface area (Å²) in [5.41, 5.74) is 1.83. The number of para-hydroxylation sites is 1. The summed E-state index contributed by atoms with van der Waals surface area (Å²) in [5, 5.41) is 0. The Morgan fingerprint density at radius 1 is 1.22 bits per heavy atom. The van der Waals surface area contributed by atoms with Gasteiger partial charge in [0.25, 0.3) is 5.91 Å². The van der Waals surface area contributed by atoms with Crippen molar-refractivity contribution in [1.29, 1.82) is 0 Å². The molecule has 0 aliphatic carbocycles. The highest BCUT2D eigenvalue weighted by molar-refractivity contribution is 7.55. The predicted molar refractivity (Wildman–Crippen MR) is 76.8 cm³/mol. The molecule has 1 atom stereocenters. The average molecular weight is 265 g/mol. The molecule has 1 heterocycles. The van der Waals surface area contributed by atoms with Crippen molar-refractivity contribution in [2.24, 2.45) is 0 Å². The number of fused-ring (bicyclic) bond motifs is 1. The number of hydrogen-bond donors (Lipinski definition) is 0. The molecule has 0 radical (unpaired) electrons. The molecule has 98 valence electrons. The second-order valence-corrected chi connectivity index (χ2v) is 7.27. The van der Waals surface area contributed by atoms with E-state index in [1.807, 2.05) is 43.0 Å². The Kier molecular flexibility index (Phi) is 3.60. The third-order valence-electron chi connectivity index (χ3n) is 3.00. The first kappa shape index (κ1) is 13.3. The molecule has 1 aliphatic heterocycles. The van der Waals surface area contributed by atoms with Crippen LogP contribution in [0.15, 0.2) is 24.3 Å². The van der Waals surface area contributed by atoms with Crippen LogP contribution in [0.1, 0.15) is 24.2 Å². The largest absolute Gasteiger partial charge is 0.324 e. The van der Waals surface area contributed by atoms with Gasteiger partial charge in [0, 0.05) is 13.1 Å². The van der Waals surface area contributed by atoms with Gasteiger partial charge in [0.1, 0.15) is 0 Å². The monoisotopic (exact) mass is 265 g/mol. The van der Waals surface area contributed by atoms with Crippen LogP contribution in [0, 0.1) is 0 Å². The smallest absolute Gasteiger partial charge is 0.261 e. The van der Waals surface area contributed by atoms with Gasteiger partial charge in [0.05, 0.1) is 11.3 Å². The Morgan fingerprint density at radius 2 is 1.83 bits per heavy atom. The van der Waals surface area contributed by atoms with E-state index >= 15 is 0 Å². The van der Waals surface area contributed by atoms with Crippen LogP contribution in [0.25, 0.3) is 0 Å². The van der Waals surface area contributed by atoms with Crippen LogP contribution >= 0.6 is 8.37 Å². The average Bonchev–Trinajstić information content (AvgIpc) is 2.32. The molecule has 2 rings (SSSR count). The van der Waals surface area contributed by atoms with Crippen LogP contribution in [-0.2, 0) is 0 Å². The van der Waals surface area contributed by atoms with Crippen LogP contribution in [0.4, 0.5) is 5.69 Å². The van der Waals surface area contributed by atoms with E-state index in [1.54, 1.807) is 0 Å².